The SMILES string of the molecule is FC(F)(F)c1cccnc1N1C[C@@H]2OCC(n3cncn3)CO[C@H]2C1. The number of ether oxygens (including phenoxy) is 2. The third-order valence-corrected chi connectivity index (χ3v) is 4.42. The molecule has 134 valence electrons. The van der Waals surface area contributed by atoms with Gasteiger partial charge in [-0.3, -0.25) is 0 Å². The first-order chi connectivity index (χ1) is 12.0. The fourth-order valence-corrected chi connectivity index (χ4v) is 3.18. The van der Waals surface area contributed by atoms with Crippen molar-refractivity contribution in [3.8, 4) is 0 Å². The summed E-state index contributed by atoms with van der Waals surface area (Å²) in [6, 6.07) is 2.23. The smallest absolute Gasteiger partial charge is 0.371 e. The van der Waals surface area contributed by atoms with Gasteiger partial charge in [-0.25, -0.2) is 14.6 Å². The molecule has 4 heterocycles. The van der Waals surface area contributed by atoms with E-state index in [4.69, 9.17) is 9.47 Å². The number of alkyl halides is 3. The van der Waals surface area contributed by atoms with Gasteiger partial charge in [0.15, 0.2) is 0 Å². The molecule has 2 aliphatic rings. The van der Waals surface area contributed by atoms with Gasteiger partial charge in [-0.2, -0.15) is 18.3 Å². The van der Waals surface area contributed by atoms with Gasteiger partial charge in [0.25, 0.3) is 0 Å². The molecule has 10 heteroatoms. The van der Waals surface area contributed by atoms with E-state index in [1.165, 1.54) is 18.6 Å². The van der Waals surface area contributed by atoms with Crippen LogP contribution in [0.4, 0.5) is 19.0 Å². The predicted molar refractivity (Wildman–Crippen MR) is 80.0 cm³/mol. The van der Waals surface area contributed by atoms with Crippen LogP contribution in [-0.4, -0.2) is 58.3 Å². The molecule has 25 heavy (non-hydrogen) atoms. The minimum atomic E-state index is -4.45. The standard InChI is InChI=1S/C15H16F3N5O2/c16-15(17,18)11-2-1-3-20-14(11)22-4-12-13(5-22)25-7-10(6-24-12)23-9-19-8-21-23/h1-3,8-10,12-13H,4-7H2/t12-,13-/m0/s1. The van der Waals surface area contributed by atoms with E-state index >= 15 is 0 Å². The molecule has 2 aromatic heterocycles. The highest BCUT2D eigenvalue weighted by Gasteiger charge is 2.42. The Morgan fingerprint density at radius 3 is 2.44 bits per heavy atom. The van der Waals surface area contributed by atoms with E-state index in [0.29, 0.717) is 26.3 Å². The minimum absolute atomic E-state index is 0.0805. The molecule has 2 saturated heterocycles. The zero-order chi connectivity index (χ0) is 17.4. The van der Waals surface area contributed by atoms with Crippen LogP contribution in [0, 0.1) is 0 Å². The summed E-state index contributed by atoms with van der Waals surface area (Å²) < 4.78 is 53.0. The molecule has 0 bridgehead atoms. The number of halogens is 3. The average Bonchev–Trinajstić information content (AvgIpc) is 3.21. The van der Waals surface area contributed by atoms with E-state index in [1.807, 2.05) is 0 Å². The van der Waals surface area contributed by atoms with Gasteiger partial charge in [-0.15, -0.1) is 0 Å². The predicted octanol–water partition coefficient (Wildman–Crippen LogP) is 1.54. The maximum atomic E-state index is 13.2. The number of hydrogen-bond donors (Lipinski definition) is 0. The maximum absolute atomic E-state index is 13.2. The van der Waals surface area contributed by atoms with Crippen molar-refractivity contribution in [2.45, 2.75) is 24.4 Å². The summed E-state index contributed by atoms with van der Waals surface area (Å²) in [4.78, 5) is 9.42. The molecular formula is C15H16F3N5O2. The zero-order valence-electron chi connectivity index (χ0n) is 13.1. The van der Waals surface area contributed by atoms with Gasteiger partial charge in [0.2, 0.25) is 0 Å². The van der Waals surface area contributed by atoms with Crippen molar-refractivity contribution in [2.75, 3.05) is 31.2 Å². The number of hydrogen-bond acceptors (Lipinski definition) is 6. The molecule has 0 unspecified atom stereocenters. The molecule has 2 atom stereocenters. The van der Waals surface area contributed by atoms with Crippen molar-refractivity contribution >= 4 is 5.82 Å². The van der Waals surface area contributed by atoms with Gasteiger partial charge < -0.3 is 14.4 Å². The van der Waals surface area contributed by atoms with E-state index in [9.17, 15) is 13.2 Å². The fourth-order valence-electron chi connectivity index (χ4n) is 3.18. The Labute approximate surface area is 141 Å². The lowest BCUT2D eigenvalue weighted by Crippen LogP contribution is -2.28. The average molecular weight is 355 g/mol. The summed E-state index contributed by atoms with van der Waals surface area (Å²) in [5.74, 6) is -0.0805. The number of nitrogens with zero attached hydrogens (tertiary/aromatic N) is 5. The van der Waals surface area contributed by atoms with Crippen molar-refractivity contribution in [2.24, 2.45) is 0 Å². The van der Waals surface area contributed by atoms with Gasteiger partial charge in [0.1, 0.15) is 36.7 Å². The van der Waals surface area contributed by atoms with E-state index in [2.05, 4.69) is 15.1 Å². The van der Waals surface area contributed by atoms with Crippen LogP contribution in [0.2, 0.25) is 0 Å². The van der Waals surface area contributed by atoms with Gasteiger partial charge in [0, 0.05) is 19.3 Å². The molecule has 0 N–H and O–H groups in total. The number of fused-ring (bicyclic) bond motifs is 1. The highest BCUT2D eigenvalue weighted by atomic mass is 19.4. The first-order valence-electron chi connectivity index (χ1n) is 7.87. The molecule has 0 aliphatic carbocycles. The van der Waals surface area contributed by atoms with Crippen LogP contribution >= 0.6 is 0 Å². The van der Waals surface area contributed by atoms with Crippen molar-refractivity contribution in [3.63, 3.8) is 0 Å². The molecule has 2 aliphatic heterocycles. The minimum Gasteiger partial charge on any atom is -0.371 e. The fraction of sp³-hybridized carbons (Fsp3) is 0.533. The first kappa shape index (κ1) is 16.3. The molecular weight excluding hydrogens is 339 g/mol. The second-order valence-corrected chi connectivity index (χ2v) is 6.05. The van der Waals surface area contributed by atoms with Crippen molar-refractivity contribution in [1.29, 1.82) is 0 Å². The molecule has 0 aromatic carbocycles. The summed E-state index contributed by atoms with van der Waals surface area (Å²) >= 11 is 0. The van der Waals surface area contributed by atoms with Crippen LogP contribution in [0.3, 0.4) is 0 Å². The lowest BCUT2D eigenvalue weighted by atomic mass is 10.2. The summed E-state index contributed by atoms with van der Waals surface area (Å²) in [6.45, 7) is 1.34. The van der Waals surface area contributed by atoms with Gasteiger partial charge in [-0.1, -0.05) is 0 Å². The number of aromatic nitrogens is 4. The monoisotopic (exact) mass is 355 g/mol. The quantitative estimate of drug-likeness (QED) is 0.814. The number of pyridine rings is 1. The van der Waals surface area contributed by atoms with Crippen LogP contribution in [-0.2, 0) is 15.7 Å². The van der Waals surface area contributed by atoms with Crippen molar-refractivity contribution < 1.29 is 22.6 Å². The highest BCUT2D eigenvalue weighted by Crippen LogP contribution is 2.37. The summed E-state index contributed by atoms with van der Waals surface area (Å²) in [7, 11) is 0. The second-order valence-electron chi connectivity index (χ2n) is 6.05. The molecule has 4 rings (SSSR count). The van der Waals surface area contributed by atoms with Crippen LogP contribution in [0.1, 0.15) is 11.6 Å². The van der Waals surface area contributed by atoms with Crippen molar-refractivity contribution in [3.05, 3.63) is 36.5 Å². The lowest BCUT2D eigenvalue weighted by Gasteiger charge is -2.22. The highest BCUT2D eigenvalue weighted by molar-refractivity contribution is 5.49. The Kier molecular flexibility index (Phi) is 4.08. The summed E-state index contributed by atoms with van der Waals surface area (Å²) in [6.07, 6.45) is -0.676. The third kappa shape index (κ3) is 3.19. The Morgan fingerprint density at radius 2 is 1.84 bits per heavy atom. The van der Waals surface area contributed by atoms with Gasteiger partial charge in [0.05, 0.1) is 18.8 Å². The van der Waals surface area contributed by atoms with E-state index < -0.39 is 11.7 Å². The summed E-state index contributed by atoms with van der Waals surface area (Å²) in [5.41, 5.74) is -0.744. The number of anilines is 1. The third-order valence-electron chi connectivity index (χ3n) is 4.42. The molecule has 0 amide bonds. The Balaban J connectivity index is 1.49. The molecule has 0 spiro atoms. The Hall–Kier alpha value is -2.20. The normalized spacial score (nSPS) is 25.0. The van der Waals surface area contributed by atoms with Gasteiger partial charge >= 0.3 is 6.18 Å². The molecule has 0 saturated carbocycles. The van der Waals surface area contributed by atoms with Crippen LogP contribution in [0.25, 0.3) is 0 Å². The van der Waals surface area contributed by atoms with E-state index in [-0.39, 0.29) is 24.1 Å². The van der Waals surface area contributed by atoms with E-state index in [0.717, 1.165) is 6.07 Å². The first-order valence-corrected chi connectivity index (χ1v) is 7.87. The topological polar surface area (TPSA) is 65.3 Å². The largest absolute Gasteiger partial charge is 0.419 e. The number of rotatable bonds is 2. The second kappa shape index (κ2) is 6.26. The molecule has 2 fully saturated rings. The van der Waals surface area contributed by atoms with Crippen molar-refractivity contribution in [1.82, 2.24) is 19.7 Å². The van der Waals surface area contributed by atoms with E-state index in [1.54, 1.807) is 15.9 Å². The zero-order valence-corrected chi connectivity index (χ0v) is 13.1. The molecule has 0 radical (unpaired) electrons. The van der Waals surface area contributed by atoms with Gasteiger partial charge in [-0.05, 0) is 12.1 Å². The molecule has 7 nitrogen and oxygen atoms in total. The van der Waals surface area contributed by atoms with Crippen LogP contribution in [0.15, 0.2) is 31.0 Å². The maximum Gasteiger partial charge on any atom is 0.419 e. The summed E-state index contributed by atoms with van der Waals surface area (Å²) in [5, 5.41) is 4.08. The Morgan fingerprint density at radius 1 is 1.12 bits per heavy atom. The van der Waals surface area contributed by atoms with Crippen LogP contribution < -0.4 is 4.90 Å². The lowest BCUT2D eigenvalue weighted by molar-refractivity contribution is -0.137. The Bertz CT molecular complexity index is 708. The van der Waals surface area contributed by atoms with Crippen LogP contribution in [0.5, 0.6) is 0 Å². The molecule has 2 aromatic rings.